The number of fused-ring (bicyclic) bond motifs is 4. The first-order chi connectivity index (χ1) is 18.3. The van der Waals surface area contributed by atoms with Crippen LogP contribution in [0.15, 0.2) is 22.7 Å². The number of aromatic nitrogens is 3. The number of hydrogen-bond acceptors (Lipinski definition) is 8. The molecule has 198 valence electrons. The van der Waals surface area contributed by atoms with Gasteiger partial charge in [0, 0.05) is 29.9 Å². The van der Waals surface area contributed by atoms with Crippen molar-refractivity contribution in [3.63, 3.8) is 0 Å². The largest absolute Gasteiger partial charge is 0.473 e. The van der Waals surface area contributed by atoms with Gasteiger partial charge in [-0.3, -0.25) is 4.90 Å². The van der Waals surface area contributed by atoms with Gasteiger partial charge in [-0.2, -0.15) is 10.2 Å². The smallest absolute Gasteiger partial charge is 0.218 e. The number of hydrogen-bond donors (Lipinski definition) is 1. The first kappa shape index (κ1) is 25.1. The van der Waals surface area contributed by atoms with Crippen LogP contribution in [0.1, 0.15) is 67.0 Å². The maximum atomic E-state index is 13.9. The summed E-state index contributed by atoms with van der Waals surface area (Å²) in [5.41, 5.74) is 10.4. The Morgan fingerprint density at radius 3 is 2.82 bits per heavy atom. The summed E-state index contributed by atoms with van der Waals surface area (Å²) in [5.74, 6) is 1.41. The maximum absolute atomic E-state index is 13.9. The summed E-state index contributed by atoms with van der Waals surface area (Å²) < 4.78 is 26.1. The molecule has 1 aliphatic heterocycles. The van der Waals surface area contributed by atoms with Gasteiger partial charge in [-0.15, -0.1) is 0 Å². The molecular weight excluding hydrogens is 507 g/mol. The number of nitriles is 1. The van der Waals surface area contributed by atoms with Crippen molar-refractivity contribution in [3.05, 3.63) is 51.4 Å². The number of ether oxygens (including phenoxy) is 1. The SMILES string of the molecule is CC(Oc1cc(Cl)nc(-c2noc3c2CCCC32CCCc3ccc(N)c(C#N)c32)n1)C1CC(F)CN1C. The van der Waals surface area contributed by atoms with Crippen LogP contribution < -0.4 is 10.5 Å². The van der Waals surface area contributed by atoms with Crippen molar-refractivity contribution >= 4 is 17.3 Å². The summed E-state index contributed by atoms with van der Waals surface area (Å²) in [7, 11) is 1.90. The molecule has 0 bridgehead atoms. The third-order valence-corrected chi connectivity index (χ3v) is 8.69. The van der Waals surface area contributed by atoms with Crippen LogP contribution in [0.3, 0.4) is 0 Å². The zero-order valence-electron chi connectivity index (χ0n) is 21.5. The zero-order valence-corrected chi connectivity index (χ0v) is 22.3. The van der Waals surface area contributed by atoms with Crippen molar-refractivity contribution in [1.82, 2.24) is 20.0 Å². The monoisotopic (exact) mass is 536 g/mol. The summed E-state index contributed by atoms with van der Waals surface area (Å²) in [6.45, 7) is 2.30. The van der Waals surface area contributed by atoms with Crippen LogP contribution in [-0.4, -0.2) is 51.9 Å². The highest BCUT2D eigenvalue weighted by Crippen LogP contribution is 2.53. The van der Waals surface area contributed by atoms with E-state index >= 15 is 0 Å². The van der Waals surface area contributed by atoms with Crippen molar-refractivity contribution in [1.29, 1.82) is 5.26 Å². The van der Waals surface area contributed by atoms with Crippen molar-refractivity contribution in [2.24, 2.45) is 0 Å². The van der Waals surface area contributed by atoms with Gasteiger partial charge in [0.2, 0.25) is 5.88 Å². The third kappa shape index (κ3) is 4.02. The van der Waals surface area contributed by atoms with Gasteiger partial charge < -0.3 is 15.0 Å². The minimum absolute atomic E-state index is 0.0602. The molecule has 2 aliphatic carbocycles. The summed E-state index contributed by atoms with van der Waals surface area (Å²) in [6, 6.07) is 7.72. The van der Waals surface area contributed by atoms with Crippen molar-refractivity contribution in [2.75, 3.05) is 19.3 Å². The highest BCUT2D eigenvalue weighted by Gasteiger charge is 2.48. The second kappa shape index (κ2) is 9.51. The fourth-order valence-electron chi connectivity index (χ4n) is 6.84. The van der Waals surface area contributed by atoms with E-state index in [-0.39, 0.29) is 17.3 Å². The van der Waals surface area contributed by atoms with E-state index in [1.165, 1.54) is 0 Å². The summed E-state index contributed by atoms with van der Waals surface area (Å²) in [6.07, 6.45) is 4.51. The van der Waals surface area contributed by atoms with Crippen LogP contribution in [0.2, 0.25) is 5.15 Å². The van der Waals surface area contributed by atoms with Gasteiger partial charge >= 0.3 is 0 Å². The van der Waals surface area contributed by atoms with Crippen LogP contribution in [0.4, 0.5) is 10.1 Å². The number of nitrogen functional groups attached to an aromatic ring is 1. The first-order valence-corrected chi connectivity index (χ1v) is 13.6. The second-order valence-corrected chi connectivity index (χ2v) is 11.2. The van der Waals surface area contributed by atoms with Gasteiger partial charge in [-0.05, 0) is 76.1 Å². The molecule has 8 nitrogen and oxygen atoms in total. The Balaban J connectivity index is 1.39. The molecule has 3 aromatic rings. The number of nitrogens with zero attached hydrogens (tertiary/aromatic N) is 5. The lowest BCUT2D eigenvalue weighted by Gasteiger charge is -2.41. The Hall–Kier alpha value is -3.22. The molecule has 38 heavy (non-hydrogen) atoms. The summed E-state index contributed by atoms with van der Waals surface area (Å²) in [5, 5.41) is 14.7. The number of nitrogens with two attached hydrogens (primary N) is 1. The standard InChI is InChI=1S/C28H30ClFN6O2/c1-15(21-11-17(30)14-36(21)2)37-23-12-22(29)33-27(34-23)25-18-6-4-10-28(26(18)38-35-25)9-3-5-16-7-8-20(32)19(13-31)24(16)28/h7-8,12,15,17,21H,3-6,9-11,14,32H2,1-2H3. The molecule has 1 saturated heterocycles. The van der Waals surface area contributed by atoms with E-state index in [2.05, 4.69) is 21.2 Å². The first-order valence-electron chi connectivity index (χ1n) is 13.2. The van der Waals surface area contributed by atoms with E-state index in [1.54, 1.807) is 6.07 Å². The lowest BCUT2D eigenvalue weighted by Crippen LogP contribution is -2.38. The van der Waals surface area contributed by atoms with Gasteiger partial charge in [-0.25, -0.2) is 9.37 Å². The van der Waals surface area contributed by atoms with E-state index in [9.17, 15) is 9.65 Å². The van der Waals surface area contributed by atoms with Gasteiger partial charge in [-0.1, -0.05) is 22.8 Å². The number of rotatable bonds is 4. The van der Waals surface area contributed by atoms with Gasteiger partial charge in [0.15, 0.2) is 17.3 Å². The van der Waals surface area contributed by atoms with Gasteiger partial charge in [0.25, 0.3) is 0 Å². The average molecular weight is 537 g/mol. The number of likely N-dealkylation sites (tertiary alicyclic amines) is 1. The lowest BCUT2D eigenvalue weighted by atomic mass is 9.61. The number of alkyl halides is 1. The number of likely N-dealkylation sites (N-methyl/N-ethyl adjacent to an activating group) is 1. The molecule has 1 aromatic carbocycles. The predicted molar refractivity (Wildman–Crippen MR) is 141 cm³/mol. The van der Waals surface area contributed by atoms with Gasteiger partial charge in [0.05, 0.1) is 11.0 Å². The molecule has 0 amide bonds. The summed E-state index contributed by atoms with van der Waals surface area (Å²) in [4.78, 5) is 11.1. The Bertz CT molecular complexity index is 1430. The van der Waals surface area contributed by atoms with E-state index in [1.807, 2.05) is 31.0 Å². The minimum atomic E-state index is -0.864. The lowest BCUT2D eigenvalue weighted by molar-refractivity contribution is 0.117. The molecule has 3 heterocycles. The number of anilines is 1. The normalized spacial score (nSPS) is 25.6. The Morgan fingerprint density at radius 2 is 2.08 bits per heavy atom. The predicted octanol–water partition coefficient (Wildman–Crippen LogP) is 5.01. The Labute approximate surface area is 225 Å². The molecule has 3 aliphatic rings. The number of halogens is 2. The van der Waals surface area contributed by atoms with Gasteiger partial charge in [0.1, 0.15) is 23.5 Å². The fraction of sp³-hybridized carbons (Fsp3) is 0.500. The molecule has 1 fully saturated rings. The third-order valence-electron chi connectivity index (χ3n) is 8.50. The topological polar surface area (TPSA) is 114 Å². The van der Waals surface area contributed by atoms with E-state index in [0.717, 1.165) is 61.0 Å². The molecule has 0 radical (unpaired) electrons. The second-order valence-electron chi connectivity index (χ2n) is 10.8. The van der Waals surface area contributed by atoms with Crippen LogP contribution in [0.5, 0.6) is 5.88 Å². The quantitative estimate of drug-likeness (QED) is 0.365. The van der Waals surface area contributed by atoms with Crippen molar-refractivity contribution < 1.29 is 13.7 Å². The molecule has 10 heteroatoms. The molecule has 6 rings (SSSR count). The number of benzene rings is 1. The Kier molecular flexibility index (Phi) is 6.28. The molecule has 2 N–H and O–H groups in total. The van der Waals surface area contributed by atoms with E-state index in [4.69, 9.17) is 26.6 Å². The van der Waals surface area contributed by atoms with Crippen LogP contribution >= 0.6 is 11.6 Å². The molecule has 4 unspecified atom stereocenters. The van der Waals surface area contributed by atoms with E-state index in [0.29, 0.717) is 41.6 Å². The molecule has 2 aromatic heterocycles. The van der Waals surface area contributed by atoms with Crippen LogP contribution in [0, 0.1) is 11.3 Å². The molecule has 1 spiro atoms. The average Bonchev–Trinajstić information content (AvgIpc) is 3.47. The van der Waals surface area contributed by atoms with Crippen LogP contribution in [0.25, 0.3) is 11.5 Å². The fourth-order valence-corrected chi connectivity index (χ4v) is 7.01. The molecule has 0 saturated carbocycles. The zero-order chi connectivity index (χ0) is 26.6. The highest BCUT2D eigenvalue weighted by molar-refractivity contribution is 6.29. The van der Waals surface area contributed by atoms with Crippen molar-refractivity contribution in [2.45, 2.75) is 75.6 Å². The number of aryl methyl sites for hydroxylation is 1. The van der Waals surface area contributed by atoms with E-state index < -0.39 is 11.6 Å². The van der Waals surface area contributed by atoms with Crippen molar-refractivity contribution in [3.8, 4) is 23.5 Å². The highest BCUT2D eigenvalue weighted by atomic mass is 35.5. The minimum Gasteiger partial charge on any atom is -0.473 e. The Morgan fingerprint density at radius 1 is 1.29 bits per heavy atom. The molecule has 4 atom stereocenters. The maximum Gasteiger partial charge on any atom is 0.218 e. The van der Waals surface area contributed by atoms with Crippen LogP contribution in [-0.2, 0) is 18.3 Å². The summed E-state index contributed by atoms with van der Waals surface area (Å²) >= 11 is 6.40. The molecular formula is C28H30ClFN6O2.